The smallest absolute Gasteiger partial charge is 0.312 e. The first-order valence-electron chi connectivity index (χ1n) is 12.1. The Morgan fingerprint density at radius 3 is 2.47 bits per heavy atom. The largest absolute Gasteiger partial charge is 0.460 e. The molecule has 0 saturated heterocycles. The van der Waals surface area contributed by atoms with Crippen LogP contribution in [0.4, 0.5) is 10.1 Å². The molecule has 2 aromatic rings. The lowest BCUT2D eigenvalue weighted by Gasteiger charge is -2.25. The number of esters is 1. The fourth-order valence-corrected chi connectivity index (χ4v) is 5.17. The number of anilines is 1. The minimum atomic E-state index is -0.569. The van der Waals surface area contributed by atoms with Gasteiger partial charge in [-0.1, -0.05) is 42.6 Å². The molecule has 6 heteroatoms. The van der Waals surface area contributed by atoms with Gasteiger partial charge in [-0.2, -0.15) is 0 Å². The Balaban J connectivity index is 1.51. The number of amides is 1. The van der Waals surface area contributed by atoms with Crippen LogP contribution in [0.3, 0.4) is 0 Å². The van der Waals surface area contributed by atoms with E-state index < -0.39 is 22.8 Å². The predicted octanol–water partition coefficient (Wildman–Crippen LogP) is 7.06. The van der Waals surface area contributed by atoms with Crippen molar-refractivity contribution in [3.63, 3.8) is 0 Å². The highest BCUT2D eigenvalue weighted by molar-refractivity contribution is 6.30. The van der Waals surface area contributed by atoms with Crippen LogP contribution in [0, 0.1) is 17.2 Å². The van der Waals surface area contributed by atoms with Crippen molar-refractivity contribution in [1.29, 1.82) is 0 Å². The van der Waals surface area contributed by atoms with Gasteiger partial charge in [0.15, 0.2) is 0 Å². The molecular weight excluding hydrogens is 453 g/mol. The summed E-state index contributed by atoms with van der Waals surface area (Å²) in [4.78, 5) is 26.1. The summed E-state index contributed by atoms with van der Waals surface area (Å²) in [5, 5.41) is 3.34. The highest BCUT2D eigenvalue weighted by atomic mass is 35.5. The molecule has 0 heterocycles. The Hall–Kier alpha value is -2.40. The standard InChI is InChI=1S/C28H33ClFNO3/c1-27(2,3)34-26(33)28(13-14-28)17-18-7-6-10-21(15-18)31-25(32)24(19-8-4-5-9-19)22-12-11-20(29)16-23(22)30/h6-7,10-12,15-16,19,24H,4-5,8-9,13-14,17H2,1-3H3,(H,31,32). The van der Waals surface area contributed by atoms with Crippen molar-refractivity contribution in [2.24, 2.45) is 11.3 Å². The van der Waals surface area contributed by atoms with Gasteiger partial charge in [0.05, 0.1) is 11.3 Å². The molecule has 1 unspecified atom stereocenters. The third-order valence-electron chi connectivity index (χ3n) is 6.87. The lowest BCUT2D eigenvalue weighted by molar-refractivity contribution is -0.161. The van der Waals surface area contributed by atoms with E-state index in [1.165, 1.54) is 6.07 Å². The first-order chi connectivity index (χ1) is 16.1. The summed E-state index contributed by atoms with van der Waals surface area (Å²) in [7, 11) is 0. The molecule has 4 rings (SSSR count). The van der Waals surface area contributed by atoms with Gasteiger partial charge in [-0.15, -0.1) is 0 Å². The molecule has 2 saturated carbocycles. The number of ether oxygens (including phenoxy) is 1. The molecule has 1 N–H and O–H groups in total. The topological polar surface area (TPSA) is 55.4 Å². The van der Waals surface area contributed by atoms with Gasteiger partial charge in [-0.3, -0.25) is 9.59 Å². The molecule has 2 fully saturated rings. The molecule has 34 heavy (non-hydrogen) atoms. The van der Waals surface area contributed by atoms with Crippen molar-refractivity contribution in [3.8, 4) is 0 Å². The zero-order valence-corrected chi connectivity index (χ0v) is 20.9. The Kier molecular flexibility index (Phi) is 7.04. The molecule has 4 nitrogen and oxygen atoms in total. The normalized spacial score (nSPS) is 18.4. The molecule has 0 radical (unpaired) electrons. The summed E-state index contributed by atoms with van der Waals surface area (Å²) < 4.78 is 20.4. The SMILES string of the molecule is CC(C)(C)OC(=O)C1(Cc2cccc(NC(=O)C(c3ccc(Cl)cc3F)C3CCCC3)c2)CC1. The van der Waals surface area contributed by atoms with Gasteiger partial charge in [0.1, 0.15) is 11.4 Å². The van der Waals surface area contributed by atoms with Crippen LogP contribution in [0.1, 0.15) is 76.3 Å². The lowest BCUT2D eigenvalue weighted by atomic mass is 9.83. The van der Waals surface area contributed by atoms with Crippen molar-refractivity contribution in [2.75, 3.05) is 5.32 Å². The van der Waals surface area contributed by atoms with E-state index >= 15 is 0 Å². The van der Waals surface area contributed by atoms with Crippen molar-refractivity contribution < 1.29 is 18.7 Å². The molecule has 2 aliphatic carbocycles. The van der Waals surface area contributed by atoms with E-state index in [4.69, 9.17) is 16.3 Å². The lowest BCUT2D eigenvalue weighted by Crippen LogP contribution is -2.31. The quantitative estimate of drug-likeness (QED) is 0.427. The second-order valence-electron chi connectivity index (χ2n) is 10.8. The number of rotatable bonds is 7. The molecule has 0 aliphatic heterocycles. The predicted molar refractivity (Wildman–Crippen MR) is 132 cm³/mol. The highest BCUT2D eigenvalue weighted by Crippen LogP contribution is 2.50. The third-order valence-corrected chi connectivity index (χ3v) is 7.11. The van der Waals surface area contributed by atoms with Crippen LogP contribution in [-0.2, 0) is 20.7 Å². The van der Waals surface area contributed by atoms with E-state index in [1.54, 1.807) is 12.1 Å². The number of halogens is 2. The van der Waals surface area contributed by atoms with Gasteiger partial charge >= 0.3 is 5.97 Å². The summed E-state index contributed by atoms with van der Waals surface area (Å²) in [5.74, 6) is -1.28. The van der Waals surface area contributed by atoms with Crippen molar-refractivity contribution >= 4 is 29.2 Å². The summed E-state index contributed by atoms with van der Waals surface area (Å²) in [6.07, 6.45) is 6.08. The van der Waals surface area contributed by atoms with E-state index in [9.17, 15) is 14.0 Å². The molecule has 1 atom stereocenters. The van der Waals surface area contributed by atoms with E-state index in [0.29, 0.717) is 22.7 Å². The number of carbonyl (C=O) groups excluding carboxylic acids is 2. The van der Waals surface area contributed by atoms with Crippen molar-refractivity contribution in [1.82, 2.24) is 0 Å². The van der Waals surface area contributed by atoms with Crippen molar-refractivity contribution in [2.45, 2.75) is 77.2 Å². The number of nitrogens with one attached hydrogen (secondary N) is 1. The van der Waals surface area contributed by atoms with Crippen LogP contribution in [0.25, 0.3) is 0 Å². The number of carbonyl (C=O) groups is 2. The fourth-order valence-electron chi connectivity index (χ4n) is 5.01. The summed E-state index contributed by atoms with van der Waals surface area (Å²) >= 11 is 5.95. The molecule has 1 amide bonds. The van der Waals surface area contributed by atoms with Crippen LogP contribution in [0.2, 0.25) is 5.02 Å². The Morgan fingerprint density at radius 2 is 1.85 bits per heavy atom. The van der Waals surface area contributed by atoms with E-state index in [-0.39, 0.29) is 17.8 Å². The van der Waals surface area contributed by atoms with Crippen LogP contribution in [0.5, 0.6) is 0 Å². The maximum Gasteiger partial charge on any atom is 0.312 e. The fraction of sp³-hybridized carbons (Fsp3) is 0.500. The molecule has 2 aliphatic rings. The minimum absolute atomic E-state index is 0.0979. The summed E-state index contributed by atoms with van der Waals surface area (Å²) in [6.45, 7) is 5.63. The van der Waals surface area contributed by atoms with Gasteiger partial charge in [-0.25, -0.2) is 4.39 Å². The summed E-state index contributed by atoms with van der Waals surface area (Å²) in [6, 6.07) is 12.1. The number of hydrogen-bond acceptors (Lipinski definition) is 3. The van der Waals surface area contributed by atoms with E-state index in [2.05, 4.69) is 5.32 Å². The number of hydrogen-bond donors (Lipinski definition) is 1. The second kappa shape index (κ2) is 9.69. The Labute approximate surface area is 206 Å². The van der Waals surface area contributed by atoms with Crippen LogP contribution < -0.4 is 5.32 Å². The van der Waals surface area contributed by atoms with Gasteiger partial charge in [0.25, 0.3) is 0 Å². The average molecular weight is 486 g/mol. The zero-order valence-electron chi connectivity index (χ0n) is 20.1. The molecule has 0 spiro atoms. The van der Waals surface area contributed by atoms with Crippen LogP contribution in [-0.4, -0.2) is 17.5 Å². The first-order valence-corrected chi connectivity index (χ1v) is 12.5. The molecule has 182 valence electrons. The maximum absolute atomic E-state index is 14.8. The minimum Gasteiger partial charge on any atom is -0.460 e. The zero-order chi connectivity index (χ0) is 24.5. The molecule has 0 aromatic heterocycles. The molecule has 0 bridgehead atoms. The molecule has 2 aromatic carbocycles. The maximum atomic E-state index is 14.8. The molecular formula is C28H33ClFNO3. The Morgan fingerprint density at radius 1 is 1.15 bits per heavy atom. The average Bonchev–Trinajstić information content (AvgIpc) is 3.33. The third kappa shape index (κ3) is 5.80. The van der Waals surface area contributed by atoms with Crippen molar-refractivity contribution in [3.05, 3.63) is 64.4 Å². The summed E-state index contributed by atoms with van der Waals surface area (Å²) in [5.41, 5.74) is 1.02. The van der Waals surface area contributed by atoms with E-state index in [1.807, 2.05) is 45.0 Å². The number of benzene rings is 2. The van der Waals surface area contributed by atoms with Gasteiger partial charge in [-0.05, 0) is 88.6 Å². The second-order valence-corrected chi connectivity index (χ2v) is 11.3. The van der Waals surface area contributed by atoms with Crippen LogP contribution in [0.15, 0.2) is 42.5 Å². The Bertz CT molecular complexity index is 1070. The van der Waals surface area contributed by atoms with Gasteiger partial charge in [0, 0.05) is 16.3 Å². The van der Waals surface area contributed by atoms with E-state index in [0.717, 1.165) is 44.1 Å². The first kappa shape index (κ1) is 24.7. The van der Waals surface area contributed by atoms with Gasteiger partial charge in [0.2, 0.25) is 5.91 Å². The highest BCUT2D eigenvalue weighted by Gasteiger charge is 2.52. The van der Waals surface area contributed by atoms with Crippen LogP contribution >= 0.6 is 11.6 Å². The van der Waals surface area contributed by atoms with Gasteiger partial charge < -0.3 is 10.1 Å². The monoisotopic (exact) mass is 485 g/mol.